The van der Waals surface area contributed by atoms with Gasteiger partial charge in [-0.1, -0.05) is 23.2 Å². The Morgan fingerprint density at radius 1 is 0.957 bits per heavy atom. The molecule has 4 amide bonds. The summed E-state index contributed by atoms with van der Waals surface area (Å²) in [5.74, 6) is -0.118. The molecule has 4 aliphatic rings. The first-order chi connectivity index (χ1) is 22.2. The van der Waals surface area contributed by atoms with Crippen molar-refractivity contribution in [1.29, 1.82) is 0 Å². The molecule has 4 N–H and O–H groups in total. The molecule has 0 unspecified atom stereocenters. The van der Waals surface area contributed by atoms with Gasteiger partial charge in [-0.3, -0.25) is 9.69 Å². The largest absolute Gasteiger partial charge is 0.508 e. The van der Waals surface area contributed by atoms with Crippen molar-refractivity contribution in [1.82, 2.24) is 19.6 Å². The number of rotatable bonds is 6. The average molecular weight is 676 g/mol. The zero-order valence-electron chi connectivity index (χ0n) is 25.6. The van der Waals surface area contributed by atoms with Crippen molar-refractivity contribution >= 4 is 52.6 Å². The Hall–Kier alpha value is -3.45. The lowest BCUT2D eigenvalue weighted by molar-refractivity contribution is -0.143. The number of hydrogen-bond acceptors (Lipinski definition) is 8. The molecule has 6 rings (SSSR count). The van der Waals surface area contributed by atoms with Gasteiger partial charge in [0.25, 0.3) is 5.91 Å². The smallest absolute Gasteiger partial charge is 0.410 e. The predicted octanol–water partition coefficient (Wildman–Crippen LogP) is 4.16. The number of phenolic OH excluding ortho intramolecular Hbond substituents is 1. The molecular formula is C32H40Cl2N6O6. The standard InChI is InChI=1S/C32H40Cl2N6O6/c33-25-15-20(16-26(34)29(25)35)17-28(30(42)38-11-9-37(10-12-38)22-5-13-45-14-6-22)46-32(44)39-7-3-23(4-8-39)40-19-21-18-24(41)1-2-27(21)36-31(40)43/h1-2,15-16,18,22-23,28,41H,3-14,17,19,35H2,(H,36,43)/t28-/m1/s1. The lowest BCUT2D eigenvalue weighted by Gasteiger charge is -2.42. The first kappa shape index (κ1) is 32.5. The second kappa shape index (κ2) is 14.1. The SMILES string of the molecule is Nc1c(Cl)cc(C[C@@H](OC(=O)N2CCC(N3Cc4cc(O)ccc4NC3=O)CC2)C(=O)N2CCN(C3CCOCC3)CC2)cc1Cl. The molecule has 0 aliphatic carbocycles. The van der Waals surface area contributed by atoms with Crippen LogP contribution >= 0.6 is 23.2 Å². The van der Waals surface area contributed by atoms with Crippen LogP contribution in [0, 0.1) is 0 Å². The van der Waals surface area contributed by atoms with E-state index in [2.05, 4.69) is 10.2 Å². The first-order valence-electron chi connectivity index (χ1n) is 15.9. The molecular weight excluding hydrogens is 635 g/mol. The minimum Gasteiger partial charge on any atom is -0.508 e. The second-order valence-electron chi connectivity index (χ2n) is 12.4. The van der Waals surface area contributed by atoms with E-state index in [1.54, 1.807) is 45.0 Å². The highest BCUT2D eigenvalue weighted by atomic mass is 35.5. The fraction of sp³-hybridized carbons (Fsp3) is 0.531. The molecule has 1 atom stereocenters. The van der Waals surface area contributed by atoms with Crippen LogP contribution in [0.4, 0.5) is 21.0 Å². The fourth-order valence-electron chi connectivity index (χ4n) is 6.84. The normalized spacial score (nSPS) is 20.7. The molecule has 3 saturated heterocycles. The van der Waals surface area contributed by atoms with Crippen LogP contribution in [-0.2, 0) is 27.2 Å². The highest BCUT2D eigenvalue weighted by Crippen LogP contribution is 2.32. The number of fused-ring (bicyclic) bond motifs is 1. The number of piperazine rings is 1. The summed E-state index contributed by atoms with van der Waals surface area (Å²) in [6.07, 6.45) is 1.52. The van der Waals surface area contributed by atoms with Crippen LogP contribution in [0.5, 0.6) is 5.75 Å². The number of nitrogens with one attached hydrogen (secondary N) is 1. The van der Waals surface area contributed by atoms with Gasteiger partial charge in [-0.25, -0.2) is 9.59 Å². The van der Waals surface area contributed by atoms with Crippen molar-refractivity contribution < 1.29 is 29.0 Å². The van der Waals surface area contributed by atoms with E-state index in [9.17, 15) is 19.5 Å². The molecule has 12 nitrogen and oxygen atoms in total. The zero-order valence-corrected chi connectivity index (χ0v) is 27.1. The monoisotopic (exact) mass is 674 g/mol. The summed E-state index contributed by atoms with van der Waals surface area (Å²) in [6.45, 7) is 5.20. The summed E-state index contributed by atoms with van der Waals surface area (Å²) < 4.78 is 11.5. The van der Waals surface area contributed by atoms with Crippen LogP contribution in [-0.4, -0.2) is 113 Å². The Bertz CT molecular complexity index is 1430. The van der Waals surface area contributed by atoms with Crippen molar-refractivity contribution in [3.63, 3.8) is 0 Å². The van der Waals surface area contributed by atoms with Crippen molar-refractivity contribution in [3.8, 4) is 5.75 Å². The highest BCUT2D eigenvalue weighted by molar-refractivity contribution is 6.38. The third-order valence-corrected chi connectivity index (χ3v) is 10.1. The van der Waals surface area contributed by atoms with Gasteiger partial charge in [0.15, 0.2) is 6.10 Å². The number of hydrogen-bond donors (Lipinski definition) is 3. The van der Waals surface area contributed by atoms with Crippen LogP contribution in [0.2, 0.25) is 10.0 Å². The van der Waals surface area contributed by atoms with Crippen LogP contribution < -0.4 is 11.1 Å². The number of phenols is 1. The van der Waals surface area contributed by atoms with Crippen LogP contribution in [0.3, 0.4) is 0 Å². The molecule has 0 radical (unpaired) electrons. The minimum atomic E-state index is -1.08. The number of nitrogens with two attached hydrogens (primary N) is 1. The molecule has 0 bridgehead atoms. The fourth-order valence-corrected chi connectivity index (χ4v) is 7.37. The summed E-state index contributed by atoms with van der Waals surface area (Å²) in [4.78, 5) is 47.8. The second-order valence-corrected chi connectivity index (χ2v) is 13.2. The highest BCUT2D eigenvalue weighted by Gasteiger charge is 2.36. The van der Waals surface area contributed by atoms with E-state index in [1.807, 2.05) is 0 Å². The van der Waals surface area contributed by atoms with Gasteiger partial charge in [0.05, 0.1) is 15.7 Å². The van der Waals surface area contributed by atoms with Gasteiger partial charge >= 0.3 is 12.1 Å². The molecule has 248 valence electrons. The van der Waals surface area contributed by atoms with E-state index in [0.717, 1.165) is 44.7 Å². The first-order valence-corrected chi connectivity index (χ1v) is 16.6. The van der Waals surface area contributed by atoms with Crippen molar-refractivity contribution in [2.24, 2.45) is 0 Å². The van der Waals surface area contributed by atoms with Crippen molar-refractivity contribution in [2.75, 3.05) is 63.5 Å². The van der Waals surface area contributed by atoms with Crippen LogP contribution in [0.15, 0.2) is 30.3 Å². The summed E-state index contributed by atoms with van der Waals surface area (Å²) in [6, 6.07) is 8.33. The molecule has 4 aliphatic heterocycles. The number of likely N-dealkylation sites (tertiary alicyclic amines) is 1. The van der Waals surface area contributed by atoms with E-state index < -0.39 is 12.2 Å². The molecule has 0 saturated carbocycles. The van der Waals surface area contributed by atoms with Gasteiger partial charge in [-0.2, -0.15) is 0 Å². The number of anilines is 2. The predicted molar refractivity (Wildman–Crippen MR) is 174 cm³/mol. The van der Waals surface area contributed by atoms with Crippen LogP contribution in [0.25, 0.3) is 0 Å². The number of benzene rings is 2. The summed E-state index contributed by atoms with van der Waals surface area (Å²) >= 11 is 12.6. The minimum absolute atomic E-state index is 0.0944. The Labute approximate surface area is 278 Å². The van der Waals surface area contributed by atoms with E-state index >= 15 is 0 Å². The van der Waals surface area contributed by atoms with E-state index in [0.29, 0.717) is 62.9 Å². The quantitative estimate of drug-likeness (QED) is 0.306. The molecule has 2 aromatic rings. The number of piperidine rings is 1. The van der Waals surface area contributed by atoms with Gasteiger partial charge in [0.2, 0.25) is 0 Å². The average Bonchev–Trinajstić information content (AvgIpc) is 3.07. The maximum Gasteiger partial charge on any atom is 0.410 e. The number of carbonyl (C=O) groups is 3. The van der Waals surface area contributed by atoms with Gasteiger partial charge < -0.3 is 40.3 Å². The number of nitrogens with zero attached hydrogens (tertiary/aromatic N) is 4. The molecule has 2 aromatic carbocycles. The van der Waals surface area contributed by atoms with Gasteiger partial charge in [-0.15, -0.1) is 0 Å². The summed E-state index contributed by atoms with van der Waals surface area (Å²) in [7, 11) is 0. The molecule has 3 fully saturated rings. The van der Waals surface area contributed by atoms with Crippen molar-refractivity contribution in [3.05, 3.63) is 51.5 Å². The number of carbonyl (C=O) groups excluding carboxylic acids is 3. The Morgan fingerprint density at radius 2 is 1.63 bits per heavy atom. The Morgan fingerprint density at radius 3 is 2.30 bits per heavy atom. The third-order valence-electron chi connectivity index (χ3n) is 9.51. The summed E-state index contributed by atoms with van der Waals surface area (Å²) in [5, 5.41) is 13.3. The number of amides is 4. The molecule has 0 aromatic heterocycles. The van der Waals surface area contributed by atoms with E-state index in [-0.39, 0.29) is 45.9 Å². The number of urea groups is 1. The molecule has 0 spiro atoms. The molecule has 14 heteroatoms. The summed E-state index contributed by atoms with van der Waals surface area (Å²) in [5.41, 5.74) is 8.34. The number of aromatic hydroxyl groups is 1. The zero-order chi connectivity index (χ0) is 32.4. The Balaban J connectivity index is 1.09. The lowest BCUT2D eigenvalue weighted by Crippen LogP contribution is -2.56. The number of halogens is 2. The molecule has 4 heterocycles. The maximum atomic E-state index is 13.9. The number of nitrogen functional groups attached to an aromatic ring is 1. The van der Waals surface area contributed by atoms with Crippen LogP contribution in [0.1, 0.15) is 36.8 Å². The van der Waals surface area contributed by atoms with Gasteiger partial charge in [-0.05, 0) is 67.1 Å². The molecule has 46 heavy (non-hydrogen) atoms. The van der Waals surface area contributed by atoms with Gasteiger partial charge in [0, 0.05) is 83.2 Å². The maximum absolute atomic E-state index is 13.9. The number of ether oxygens (including phenoxy) is 2. The van der Waals surface area contributed by atoms with E-state index in [4.69, 9.17) is 38.4 Å². The topological polar surface area (TPSA) is 141 Å². The lowest BCUT2D eigenvalue weighted by atomic mass is 10.0. The van der Waals surface area contributed by atoms with Gasteiger partial charge in [0.1, 0.15) is 5.75 Å². The van der Waals surface area contributed by atoms with E-state index in [1.165, 1.54) is 0 Å². The van der Waals surface area contributed by atoms with Crippen molar-refractivity contribution in [2.45, 2.75) is 56.8 Å². The Kier molecular flexibility index (Phi) is 9.98. The third kappa shape index (κ3) is 7.25.